The first kappa shape index (κ1) is 17.0. The molecular weight excluding hydrogens is 320 g/mol. The molecule has 0 heterocycles. The van der Waals surface area contributed by atoms with Crippen LogP contribution in [0.25, 0.3) is 0 Å². The molecule has 112 valence electrons. The quantitative estimate of drug-likeness (QED) is 0.369. The number of anilines is 1. The molecule has 0 aromatic heterocycles. The van der Waals surface area contributed by atoms with E-state index in [9.17, 15) is 10.1 Å². The van der Waals surface area contributed by atoms with Crippen LogP contribution in [0.5, 0.6) is 0 Å². The Kier molecular flexibility index (Phi) is 7.59. The lowest BCUT2D eigenvalue weighted by Gasteiger charge is -2.09. The number of unbranched alkanes of at least 4 members (excludes halogenated alkanes) is 5. The van der Waals surface area contributed by atoms with Gasteiger partial charge in [0.25, 0.3) is 5.69 Å². The van der Waals surface area contributed by atoms with Crippen molar-refractivity contribution in [3.05, 3.63) is 32.3 Å². The third kappa shape index (κ3) is 5.49. The molecule has 0 amide bonds. The Bertz CT molecular complexity index is 450. The molecule has 20 heavy (non-hydrogen) atoms. The molecule has 1 N–H and O–H groups in total. The van der Waals surface area contributed by atoms with Gasteiger partial charge in [0.05, 0.1) is 10.6 Å². The van der Waals surface area contributed by atoms with Gasteiger partial charge in [-0.25, -0.2) is 0 Å². The van der Waals surface area contributed by atoms with Gasteiger partial charge in [-0.2, -0.15) is 0 Å². The minimum absolute atomic E-state index is 0.165. The lowest BCUT2D eigenvalue weighted by atomic mass is 10.1. The van der Waals surface area contributed by atoms with Crippen LogP contribution in [-0.4, -0.2) is 11.5 Å². The molecule has 0 bridgehead atoms. The Morgan fingerprint density at radius 2 is 1.85 bits per heavy atom. The van der Waals surface area contributed by atoms with E-state index >= 15 is 0 Å². The van der Waals surface area contributed by atoms with Crippen LogP contribution in [0.2, 0.25) is 0 Å². The Morgan fingerprint density at radius 1 is 1.20 bits per heavy atom. The fourth-order valence-electron chi connectivity index (χ4n) is 2.12. The van der Waals surface area contributed by atoms with Crippen LogP contribution in [-0.2, 0) is 0 Å². The van der Waals surface area contributed by atoms with E-state index in [-0.39, 0.29) is 10.6 Å². The van der Waals surface area contributed by atoms with Gasteiger partial charge in [0.2, 0.25) is 0 Å². The smallest absolute Gasteiger partial charge is 0.274 e. The number of nitro groups is 1. The monoisotopic (exact) mass is 342 g/mol. The van der Waals surface area contributed by atoms with Gasteiger partial charge in [-0.3, -0.25) is 10.1 Å². The van der Waals surface area contributed by atoms with E-state index in [1.807, 2.05) is 0 Å². The first-order chi connectivity index (χ1) is 9.56. The molecule has 0 aliphatic carbocycles. The summed E-state index contributed by atoms with van der Waals surface area (Å²) in [6.45, 7) is 4.81. The van der Waals surface area contributed by atoms with Crippen molar-refractivity contribution < 1.29 is 4.92 Å². The average Bonchev–Trinajstić information content (AvgIpc) is 2.39. The maximum atomic E-state index is 10.9. The molecule has 0 atom stereocenters. The largest absolute Gasteiger partial charge is 0.384 e. The average molecular weight is 343 g/mol. The second kappa shape index (κ2) is 8.95. The van der Waals surface area contributed by atoms with Crippen molar-refractivity contribution in [3.8, 4) is 0 Å². The fraction of sp³-hybridized carbons (Fsp3) is 0.600. The lowest BCUT2D eigenvalue weighted by Crippen LogP contribution is -2.03. The molecule has 0 aliphatic rings. The van der Waals surface area contributed by atoms with Gasteiger partial charge in [-0.15, -0.1) is 0 Å². The Morgan fingerprint density at radius 3 is 2.50 bits per heavy atom. The van der Waals surface area contributed by atoms with Crippen LogP contribution in [0.1, 0.15) is 51.0 Å². The molecule has 0 aliphatic heterocycles. The summed E-state index contributed by atoms with van der Waals surface area (Å²) in [5.41, 5.74) is 1.64. The molecule has 1 rings (SSSR count). The normalized spacial score (nSPS) is 10.6. The van der Waals surface area contributed by atoms with Gasteiger partial charge in [0.15, 0.2) is 0 Å². The summed E-state index contributed by atoms with van der Waals surface area (Å²) in [6.07, 6.45) is 7.44. The van der Waals surface area contributed by atoms with Crippen LogP contribution >= 0.6 is 15.9 Å². The van der Waals surface area contributed by atoms with Crippen molar-refractivity contribution in [1.82, 2.24) is 0 Å². The Labute approximate surface area is 129 Å². The van der Waals surface area contributed by atoms with Crippen molar-refractivity contribution in [2.75, 3.05) is 11.9 Å². The summed E-state index contributed by atoms with van der Waals surface area (Å²) in [7, 11) is 0. The number of nitro benzene ring substituents is 1. The summed E-state index contributed by atoms with van der Waals surface area (Å²) in [5.74, 6) is 0. The van der Waals surface area contributed by atoms with Crippen LogP contribution in [0.3, 0.4) is 0 Å². The number of nitrogens with zero attached hydrogens (tertiary/aromatic N) is 1. The van der Waals surface area contributed by atoms with Gasteiger partial charge < -0.3 is 5.32 Å². The number of hydrogen-bond acceptors (Lipinski definition) is 3. The van der Waals surface area contributed by atoms with Crippen molar-refractivity contribution in [3.63, 3.8) is 0 Å². The summed E-state index contributed by atoms with van der Waals surface area (Å²) >= 11 is 3.45. The van der Waals surface area contributed by atoms with E-state index in [1.54, 1.807) is 19.1 Å². The second-order valence-corrected chi connectivity index (χ2v) is 5.92. The maximum Gasteiger partial charge on any atom is 0.274 e. The number of halogens is 1. The first-order valence-electron chi connectivity index (χ1n) is 7.24. The molecule has 1 aromatic carbocycles. The molecule has 0 saturated heterocycles. The zero-order valence-corrected chi connectivity index (χ0v) is 13.8. The number of aryl methyl sites for hydroxylation is 1. The first-order valence-corrected chi connectivity index (χ1v) is 8.04. The zero-order chi connectivity index (χ0) is 15.0. The highest BCUT2D eigenvalue weighted by atomic mass is 79.9. The van der Waals surface area contributed by atoms with Gasteiger partial charge in [0, 0.05) is 22.6 Å². The van der Waals surface area contributed by atoms with Crippen LogP contribution in [0.4, 0.5) is 11.4 Å². The molecule has 0 spiro atoms. The molecule has 4 nitrogen and oxygen atoms in total. The number of hydrogen-bond donors (Lipinski definition) is 1. The van der Waals surface area contributed by atoms with Gasteiger partial charge in [-0.05, 0) is 35.3 Å². The van der Waals surface area contributed by atoms with Crippen LogP contribution in [0.15, 0.2) is 16.6 Å². The molecule has 0 fully saturated rings. The molecule has 0 unspecified atom stereocenters. The molecular formula is C15H23BrN2O2. The van der Waals surface area contributed by atoms with Gasteiger partial charge in [-0.1, -0.05) is 39.0 Å². The predicted molar refractivity (Wildman–Crippen MR) is 87.4 cm³/mol. The third-order valence-electron chi connectivity index (χ3n) is 3.33. The van der Waals surface area contributed by atoms with Crippen molar-refractivity contribution in [2.24, 2.45) is 0 Å². The van der Waals surface area contributed by atoms with Crippen molar-refractivity contribution >= 4 is 27.3 Å². The molecule has 0 radical (unpaired) electrons. The molecule has 5 heteroatoms. The summed E-state index contributed by atoms with van der Waals surface area (Å²) < 4.78 is 0.881. The Balaban J connectivity index is 2.44. The number of benzene rings is 1. The van der Waals surface area contributed by atoms with Crippen molar-refractivity contribution in [2.45, 2.75) is 52.4 Å². The highest BCUT2D eigenvalue weighted by molar-refractivity contribution is 9.10. The van der Waals surface area contributed by atoms with E-state index in [0.29, 0.717) is 5.56 Å². The SMILES string of the molecule is CCCCCCCCNc1cc([N+](=O)[O-])c(C)cc1Br. The standard InChI is InChI=1S/C15H23BrN2O2/c1-3-4-5-6-7-8-9-17-14-11-15(18(19)20)12(2)10-13(14)16/h10-11,17H,3-9H2,1-2H3. The fourth-order valence-corrected chi connectivity index (χ4v) is 2.72. The van der Waals surface area contributed by atoms with E-state index < -0.39 is 0 Å². The third-order valence-corrected chi connectivity index (χ3v) is 3.98. The van der Waals surface area contributed by atoms with E-state index in [2.05, 4.69) is 28.2 Å². The minimum Gasteiger partial charge on any atom is -0.384 e. The second-order valence-electron chi connectivity index (χ2n) is 5.07. The topological polar surface area (TPSA) is 55.2 Å². The van der Waals surface area contributed by atoms with Gasteiger partial charge in [0.1, 0.15) is 0 Å². The van der Waals surface area contributed by atoms with Crippen LogP contribution < -0.4 is 5.32 Å². The maximum absolute atomic E-state index is 10.9. The molecule has 0 saturated carbocycles. The summed E-state index contributed by atoms with van der Waals surface area (Å²) in [6, 6.07) is 3.40. The van der Waals surface area contributed by atoms with Gasteiger partial charge >= 0.3 is 0 Å². The van der Waals surface area contributed by atoms with E-state index in [1.165, 1.54) is 32.1 Å². The Hall–Kier alpha value is -1.10. The van der Waals surface area contributed by atoms with E-state index in [0.717, 1.165) is 23.1 Å². The highest BCUT2D eigenvalue weighted by Crippen LogP contribution is 2.30. The van der Waals surface area contributed by atoms with E-state index in [4.69, 9.17) is 0 Å². The number of nitrogens with one attached hydrogen (secondary N) is 1. The zero-order valence-electron chi connectivity index (χ0n) is 12.2. The van der Waals surface area contributed by atoms with Crippen molar-refractivity contribution in [1.29, 1.82) is 0 Å². The number of rotatable bonds is 9. The molecule has 1 aromatic rings. The predicted octanol–water partition coefficient (Wildman–Crippen LogP) is 5.44. The minimum atomic E-state index is -0.336. The highest BCUT2D eigenvalue weighted by Gasteiger charge is 2.13. The summed E-state index contributed by atoms with van der Waals surface area (Å²) in [5, 5.41) is 14.2. The van der Waals surface area contributed by atoms with Crippen LogP contribution in [0, 0.1) is 17.0 Å². The summed E-state index contributed by atoms with van der Waals surface area (Å²) in [4.78, 5) is 10.6. The lowest BCUT2D eigenvalue weighted by molar-refractivity contribution is -0.385.